The molecule has 3 nitrogen and oxygen atoms in total. The van der Waals surface area contributed by atoms with Crippen LogP contribution >= 0.6 is 11.8 Å². The van der Waals surface area contributed by atoms with Gasteiger partial charge in [-0.15, -0.1) is 11.8 Å². The minimum absolute atomic E-state index is 0. The first kappa shape index (κ1) is 20.9. The molecule has 7 heteroatoms. The molecule has 26 heavy (non-hydrogen) atoms. The number of hydrogen-bond acceptors (Lipinski definition) is 3. The number of carbonyl (C=O) groups is 1. The number of hydrogen-bond donors (Lipinski definition) is 1. The van der Waals surface area contributed by atoms with Crippen molar-refractivity contribution < 1.29 is 24.1 Å². The van der Waals surface area contributed by atoms with Gasteiger partial charge in [0.15, 0.2) is 0 Å². The van der Waals surface area contributed by atoms with Crippen LogP contribution in [0, 0.1) is 5.92 Å². The van der Waals surface area contributed by atoms with E-state index in [1.807, 2.05) is 20.8 Å². The van der Waals surface area contributed by atoms with E-state index in [9.17, 15) is 18.0 Å². The molecule has 0 radical (unpaired) electrons. The van der Waals surface area contributed by atoms with Crippen molar-refractivity contribution in [3.63, 3.8) is 0 Å². The number of rotatable bonds is 4. The van der Waals surface area contributed by atoms with Gasteiger partial charge in [-0.3, -0.25) is 0 Å². The molecular formula is C19H28F3NO2S. The van der Waals surface area contributed by atoms with Gasteiger partial charge in [-0.05, 0) is 70.6 Å². The molecule has 1 saturated carbocycles. The predicted octanol–water partition coefficient (Wildman–Crippen LogP) is 6.13. The van der Waals surface area contributed by atoms with E-state index in [-0.39, 0.29) is 1.43 Å². The molecule has 0 aromatic heterocycles. The molecule has 1 aromatic rings. The zero-order valence-electron chi connectivity index (χ0n) is 15.4. The Morgan fingerprint density at radius 3 is 2.46 bits per heavy atom. The van der Waals surface area contributed by atoms with Crippen LogP contribution < -0.4 is 5.32 Å². The molecule has 1 N–H and O–H groups in total. The number of thioether (sulfide) groups is 1. The molecule has 148 valence electrons. The zero-order chi connectivity index (χ0) is 19.4. The van der Waals surface area contributed by atoms with Crippen LogP contribution in [0.2, 0.25) is 0 Å². The molecule has 0 atom stereocenters. The maximum absolute atomic E-state index is 12.8. The van der Waals surface area contributed by atoms with Gasteiger partial charge in [0.1, 0.15) is 5.60 Å². The fourth-order valence-electron chi connectivity index (χ4n) is 2.93. The molecule has 1 amide bonds. The molecule has 0 bridgehead atoms. The number of nitrogens with one attached hydrogen (secondary N) is 1. The summed E-state index contributed by atoms with van der Waals surface area (Å²) in [6.07, 6.45) is -0.943. The summed E-state index contributed by atoms with van der Waals surface area (Å²) < 4.78 is 43.6. The van der Waals surface area contributed by atoms with Crippen molar-refractivity contribution in [1.82, 2.24) is 5.32 Å². The molecule has 1 aliphatic rings. The Kier molecular flexibility index (Phi) is 6.88. The first-order chi connectivity index (χ1) is 12.0. The Hall–Kier alpha value is -1.37. The van der Waals surface area contributed by atoms with Crippen LogP contribution in [-0.4, -0.2) is 23.5 Å². The second-order valence-corrected chi connectivity index (χ2v) is 9.04. The lowest BCUT2D eigenvalue weighted by Crippen LogP contribution is -2.36. The minimum Gasteiger partial charge on any atom is -0.444 e. The van der Waals surface area contributed by atoms with Crippen LogP contribution in [0.1, 0.15) is 53.4 Å². The quantitative estimate of drug-likeness (QED) is 0.671. The van der Waals surface area contributed by atoms with Crippen LogP contribution in [0.25, 0.3) is 0 Å². The molecule has 1 aromatic carbocycles. The van der Waals surface area contributed by atoms with E-state index in [0.717, 1.165) is 31.7 Å². The lowest BCUT2D eigenvalue weighted by molar-refractivity contribution is -0.137. The highest BCUT2D eigenvalue weighted by Crippen LogP contribution is 2.38. The maximum atomic E-state index is 12.8. The summed E-state index contributed by atoms with van der Waals surface area (Å²) in [7, 11) is 0. The summed E-state index contributed by atoms with van der Waals surface area (Å²) in [5.41, 5.74) is -1.11. The van der Waals surface area contributed by atoms with Gasteiger partial charge >= 0.3 is 12.3 Å². The number of alkyl halides is 3. The zero-order valence-corrected chi connectivity index (χ0v) is 16.2. The highest BCUT2D eigenvalue weighted by Gasteiger charge is 2.31. The molecule has 0 unspecified atom stereocenters. The number of ether oxygens (including phenoxy) is 1. The lowest BCUT2D eigenvalue weighted by Gasteiger charge is -2.28. The first-order valence-corrected chi connectivity index (χ1v) is 9.71. The Balaban J connectivity index is 0.00000364. The predicted molar refractivity (Wildman–Crippen MR) is 99.4 cm³/mol. The summed E-state index contributed by atoms with van der Waals surface area (Å²) in [4.78, 5) is 12.4. The molecule has 1 aliphatic carbocycles. The van der Waals surface area contributed by atoms with E-state index in [2.05, 4.69) is 5.32 Å². The largest absolute Gasteiger partial charge is 0.444 e. The second kappa shape index (κ2) is 8.55. The van der Waals surface area contributed by atoms with E-state index in [4.69, 9.17) is 4.74 Å². The van der Waals surface area contributed by atoms with Gasteiger partial charge in [-0.1, -0.05) is 6.07 Å². The smallest absolute Gasteiger partial charge is 0.416 e. The number of carbonyl (C=O) groups excluding carboxylic acids is 1. The molecule has 1 fully saturated rings. The monoisotopic (exact) mass is 391 g/mol. The SMILES string of the molecule is CC(C)(C)OC(=O)NCC1CCC(Sc2cccc(C(F)(F)F)c2)CC1.[HH]. The maximum Gasteiger partial charge on any atom is 0.416 e. The normalized spacial score (nSPS) is 21.3. The number of halogens is 3. The third kappa shape index (κ3) is 7.09. The summed E-state index contributed by atoms with van der Waals surface area (Å²) in [6.45, 7) is 6.05. The topological polar surface area (TPSA) is 38.3 Å². The molecule has 0 aliphatic heterocycles. The standard InChI is InChI=1S/C19H26F3NO2S.H2/c1-18(2,3)25-17(24)23-12-13-7-9-15(10-8-13)26-16-6-4-5-14(11-16)19(20,21)22;/h4-6,11,13,15H,7-10,12H2,1-3H3,(H,23,24);1H. The Bertz CT molecular complexity index is 612. The summed E-state index contributed by atoms with van der Waals surface area (Å²) in [5, 5.41) is 3.12. The molecule has 0 heterocycles. The van der Waals surface area contributed by atoms with Crippen molar-refractivity contribution in [2.24, 2.45) is 5.92 Å². The van der Waals surface area contributed by atoms with Crippen molar-refractivity contribution in [3.05, 3.63) is 29.8 Å². The van der Waals surface area contributed by atoms with Crippen LogP contribution in [0.3, 0.4) is 0 Å². The van der Waals surface area contributed by atoms with Crippen molar-refractivity contribution >= 4 is 17.9 Å². The van der Waals surface area contributed by atoms with E-state index in [1.54, 1.807) is 6.07 Å². The van der Waals surface area contributed by atoms with E-state index in [1.165, 1.54) is 23.9 Å². The fourth-order valence-corrected chi connectivity index (χ4v) is 4.18. The van der Waals surface area contributed by atoms with E-state index >= 15 is 0 Å². The highest BCUT2D eigenvalue weighted by atomic mass is 32.2. The van der Waals surface area contributed by atoms with Gasteiger partial charge in [-0.2, -0.15) is 13.2 Å². The first-order valence-electron chi connectivity index (χ1n) is 8.84. The Labute approximate surface area is 158 Å². The van der Waals surface area contributed by atoms with Gasteiger partial charge in [-0.25, -0.2) is 4.79 Å². The molecular weight excluding hydrogens is 363 g/mol. The van der Waals surface area contributed by atoms with Crippen molar-refractivity contribution in [2.75, 3.05) is 6.54 Å². The van der Waals surface area contributed by atoms with Crippen LogP contribution in [-0.2, 0) is 10.9 Å². The summed E-state index contributed by atoms with van der Waals surface area (Å²) >= 11 is 1.52. The van der Waals surface area contributed by atoms with Gasteiger partial charge in [0, 0.05) is 18.1 Å². The molecule has 0 saturated heterocycles. The van der Waals surface area contributed by atoms with Crippen LogP contribution in [0.15, 0.2) is 29.2 Å². The van der Waals surface area contributed by atoms with Crippen LogP contribution in [0.4, 0.5) is 18.0 Å². The average Bonchev–Trinajstić information content (AvgIpc) is 2.52. The van der Waals surface area contributed by atoms with Crippen molar-refractivity contribution in [2.45, 2.75) is 68.4 Å². The summed E-state index contributed by atoms with van der Waals surface area (Å²) in [5.74, 6) is 0.390. The molecule has 0 spiro atoms. The number of amides is 1. The van der Waals surface area contributed by atoms with E-state index in [0.29, 0.717) is 22.6 Å². The number of alkyl carbamates (subject to hydrolysis) is 1. The van der Waals surface area contributed by atoms with Crippen LogP contribution in [0.5, 0.6) is 0 Å². The van der Waals surface area contributed by atoms with Gasteiger partial charge in [0.05, 0.1) is 5.56 Å². The minimum atomic E-state index is -4.30. The van der Waals surface area contributed by atoms with Gasteiger partial charge in [0.25, 0.3) is 0 Å². The second-order valence-electron chi connectivity index (χ2n) is 7.67. The summed E-state index contributed by atoms with van der Waals surface area (Å²) in [6, 6.07) is 5.52. The van der Waals surface area contributed by atoms with Crippen molar-refractivity contribution in [1.29, 1.82) is 0 Å². The third-order valence-corrected chi connectivity index (χ3v) is 5.52. The van der Waals surface area contributed by atoms with Gasteiger partial charge < -0.3 is 10.1 Å². The van der Waals surface area contributed by atoms with E-state index < -0.39 is 23.4 Å². The number of benzene rings is 1. The fraction of sp³-hybridized carbons (Fsp3) is 0.632. The van der Waals surface area contributed by atoms with Gasteiger partial charge in [0.2, 0.25) is 0 Å². The lowest BCUT2D eigenvalue weighted by atomic mass is 9.89. The Morgan fingerprint density at radius 1 is 1.23 bits per heavy atom. The van der Waals surface area contributed by atoms with Crippen molar-refractivity contribution in [3.8, 4) is 0 Å². The third-order valence-electron chi connectivity index (χ3n) is 4.19. The average molecular weight is 391 g/mol. The highest BCUT2D eigenvalue weighted by molar-refractivity contribution is 8.00. The Morgan fingerprint density at radius 2 is 1.88 bits per heavy atom. The molecule has 2 rings (SSSR count).